The zero-order chi connectivity index (χ0) is 58.1. The Kier molecular flexibility index (Phi) is 17.7. The lowest BCUT2D eigenvalue weighted by molar-refractivity contribution is 0.0145. The van der Waals surface area contributed by atoms with Gasteiger partial charge in [-0.3, -0.25) is 14.0 Å². The highest BCUT2D eigenvalue weighted by Gasteiger charge is 2.40. The van der Waals surface area contributed by atoms with Crippen LogP contribution < -0.4 is 19.6 Å². The summed E-state index contributed by atoms with van der Waals surface area (Å²) in [6, 6.07) is 17.1. The highest BCUT2D eigenvalue weighted by atomic mass is 35.5. The quantitative estimate of drug-likeness (QED) is 0.0808. The predicted octanol–water partition coefficient (Wildman–Crippen LogP) is 11.1. The van der Waals surface area contributed by atoms with Crippen LogP contribution in [-0.2, 0) is 46.2 Å². The monoisotopic (exact) mass is 1180 g/mol. The van der Waals surface area contributed by atoms with E-state index in [-0.39, 0.29) is 40.4 Å². The van der Waals surface area contributed by atoms with Gasteiger partial charge < -0.3 is 38.8 Å². The van der Waals surface area contributed by atoms with Gasteiger partial charge in [0, 0.05) is 91.9 Å². The molecule has 2 fully saturated rings. The molecule has 4 aliphatic heterocycles. The van der Waals surface area contributed by atoms with Gasteiger partial charge in [0.1, 0.15) is 46.6 Å². The summed E-state index contributed by atoms with van der Waals surface area (Å²) in [7, 11) is -1.44. The first-order valence-corrected chi connectivity index (χ1v) is 30.2. The molecule has 2 amide bonds. The molecule has 2 aromatic heterocycles. The van der Waals surface area contributed by atoms with Crippen LogP contribution in [0.3, 0.4) is 0 Å². The maximum atomic E-state index is 14.4. The lowest BCUT2D eigenvalue weighted by Crippen LogP contribution is -2.57. The Morgan fingerprint density at radius 1 is 0.654 bits per heavy atom. The summed E-state index contributed by atoms with van der Waals surface area (Å²) >= 11 is 14.3. The molecule has 23 heteroatoms. The minimum absolute atomic E-state index is 0.0799. The molecule has 6 aromatic rings. The molecule has 0 spiro atoms. The normalized spacial score (nSPS) is 17.9. The molecule has 81 heavy (non-hydrogen) atoms. The summed E-state index contributed by atoms with van der Waals surface area (Å²) in [6.45, 7) is 31.2. The third-order valence-electron chi connectivity index (χ3n) is 14.4. The van der Waals surface area contributed by atoms with E-state index in [9.17, 15) is 22.6 Å². The van der Waals surface area contributed by atoms with E-state index >= 15 is 0 Å². The number of amides is 2. The van der Waals surface area contributed by atoms with Gasteiger partial charge in [0.05, 0.1) is 45.3 Å². The van der Waals surface area contributed by atoms with Crippen molar-refractivity contribution in [3.8, 4) is 0 Å². The zero-order valence-electron chi connectivity index (χ0n) is 46.6. The van der Waals surface area contributed by atoms with Crippen molar-refractivity contribution in [2.75, 3.05) is 97.6 Å². The number of piperazine rings is 2. The highest BCUT2D eigenvalue weighted by Crippen LogP contribution is 2.40. The highest BCUT2D eigenvalue weighted by molar-refractivity contribution is 7.98. The summed E-state index contributed by atoms with van der Waals surface area (Å²) in [5, 5.41) is 4.16. The summed E-state index contributed by atoms with van der Waals surface area (Å²) in [5.41, 5.74) is 4.10. The molecule has 17 nitrogen and oxygen atoms in total. The maximum Gasteiger partial charge on any atom is 0.410 e. The number of thioether (sulfide) groups is 1. The van der Waals surface area contributed by atoms with Gasteiger partial charge in [-0.2, -0.15) is 0 Å². The second-order valence-electron chi connectivity index (χ2n) is 22.2. The Morgan fingerprint density at radius 2 is 1.10 bits per heavy atom. The first kappa shape index (κ1) is 58.9. The zero-order valence-corrected chi connectivity index (χ0v) is 49.7. The van der Waals surface area contributed by atoms with Gasteiger partial charge in [-0.25, -0.2) is 51.5 Å². The lowest BCUT2D eigenvalue weighted by Gasteiger charge is -2.41. The van der Waals surface area contributed by atoms with Crippen molar-refractivity contribution in [2.45, 2.75) is 101 Å². The van der Waals surface area contributed by atoms with Crippen LogP contribution in [0, 0.1) is 24.8 Å². The fourth-order valence-corrected chi connectivity index (χ4v) is 12.2. The molecule has 1 unspecified atom stereocenters. The predicted molar refractivity (Wildman–Crippen MR) is 316 cm³/mol. The van der Waals surface area contributed by atoms with E-state index < -0.39 is 45.8 Å². The molecular weight excluding hydrogens is 1120 g/mol. The van der Waals surface area contributed by atoms with Crippen molar-refractivity contribution in [1.82, 2.24) is 29.7 Å². The van der Waals surface area contributed by atoms with Crippen molar-refractivity contribution >= 4 is 103 Å². The Morgan fingerprint density at radius 3 is 1.52 bits per heavy atom. The molecule has 426 valence electrons. The van der Waals surface area contributed by atoms with Crippen LogP contribution in [-0.4, -0.2) is 147 Å². The number of rotatable bonds is 8. The molecular formula is C58H64Cl2F2N12O5S2. The van der Waals surface area contributed by atoms with E-state index in [0.29, 0.717) is 100 Å². The van der Waals surface area contributed by atoms with Crippen LogP contribution in [0.5, 0.6) is 0 Å². The topological polar surface area (TPSA) is 149 Å². The number of hydrogen-bond acceptors (Lipinski definition) is 14. The van der Waals surface area contributed by atoms with E-state index in [2.05, 4.69) is 34.3 Å². The summed E-state index contributed by atoms with van der Waals surface area (Å²) < 4.78 is 52.6. The first-order valence-electron chi connectivity index (χ1n) is 26.6. The molecule has 0 N–H and O–H groups in total. The molecule has 6 heterocycles. The number of anilines is 4. The van der Waals surface area contributed by atoms with Crippen LogP contribution in [0.1, 0.15) is 64.1 Å². The van der Waals surface area contributed by atoms with Crippen molar-refractivity contribution in [3.05, 3.63) is 128 Å². The van der Waals surface area contributed by atoms with Gasteiger partial charge in [0.15, 0.2) is 5.16 Å². The second kappa shape index (κ2) is 24.4. The molecule has 2 saturated heterocycles. The van der Waals surface area contributed by atoms with Crippen LogP contribution >= 0.6 is 35.0 Å². The number of carbonyl (C=O) groups excluding carboxylic acids is 2. The fourth-order valence-electron chi connectivity index (χ4n) is 10.8. The van der Waals surface area contributed by atoms with Gasteiger partial charge in [-0.15, -0.1) is 0 Å². The molecule has 0 radical (unpaired) electrons. The largest absolute Gasteiger partial charge is 0.444 e. The summed E-state index contributed by atoms with van der Waals surface area (Å²) in [6.07, 6.45) is 3.96. The first-order chi connectivity index (χ1) is 38.6. The minimum Gasteiger partial charge on any atom is -0.444 e. The number of carbonyl (C=O) groups is 2. The minimum atomic E-state index is -1.44. The van der Waals surface area contributed by atoms with Crippen molar-refractivity contribution in [3.63, 3.8) is 0 Å². The Hall–Kier alpha value is -6.78. The molecule has 3 atom stereocenters. The maximum absolute atomic E-state index is 14.4. The van der Waals surface area contributed by atoms with Gasteiger partial charge in [0.25, 0.3) is 0 Å². The number of aromatic nitrogens is 4. The van der Waals surface area contributed by atoms with Crippen LogP contribution in [0.2, 0.25) is 10.0 Å². The van der Waals surface area contributed by atoms with Gasteiger partial charge in [0.2, 0.25) is 18.2 Å². The summed E-state index contributed by atoms with van der Waals surface area (Å²) in [4.78, 5) is 64.0. The molecule has 0 saturated carbocycles. The standard InChI is InChI=1S/C29H32ClFN6O3S.C29H32ClFN6O2S/c1-29(2,3)40-28(38)37-14-13-36(16-19(37)15-32-4)26-20-11-12-35(17-22(20)33-27(34-26)41(5)39)23-8-6-7-18-9-10-21(31)25(30)24(18)23;1-29(2,3)39-28(38)37-14-13-36(16-19(37)15-32-4)26-20-11-12-35(17-22(20)33-27(34-26)40-5)23-8-6-7-18-9-10-21(31)25(30)24(18)23/h6-10,19H,11-17H2,1-3,5H3;6-10,19H,11-17H2,1-3,5H3/t19-,41?;19-/m00/s1. The van der Waals surface area contributed by atoms with Crippen LogP contribution in [0.15, 0.2) is 71.0 Å². The van der Waals surface area contributed by atoms with Gasteiger partial charge >= 0.3 is 12.2 Å². The molecule has 4 aromatic carbocycles. The number of hydrogen-bond donors (Lipinski definition) is 0. The molecule has 0 aliphatic carbocycles. The summed E-state index contributed by atoms with van der Waals surface area (Å²) in [5.74, 6) is 0.625. The SMILES string of the molecule is [C-]#[N+]C[C@H]1CN(c2nc(S(C)=O)nc3c2CCN(c2cccc4ccc(F)c(Cl)c24)C3)CCN1C(=O)OC(C)(C)C.[C-]#[N+]C[C@H]1CN(c2nc(SC)nc3c2CCN(c2cccc4ccc(F)c(Cl)c24)C3)CCN1C(=O)OC(C)(C)C. The Labute approximate surface area is 488 Å². The van der Waals surface area contributed by atoms with Crippen LogP contribution in [0.4, 0.5) is 41.4 Å². The van der Waals surface area contributed by atoms with E-state index in [1.165, 1.54) is 23.9 Å². The molecule has 0 bridgehead atoms. The Bertz CT molecular complexity index is 3520. The smallest absolute Gasteiger partial charge is 0.410 e. The van der Waals surface area contributed by atoms with E-state index in [4.69, 9.17) is 60.8 Å². The van der Waals surface area contributed by atoms with E-state index in [1.54, 1.807) is 28.2 Å². The number of ether oxygens (including phenoxy) is 2. The second-order valence-corrected chi connectivity index (χ2v) is 25.0. The Balaban J connectivity index is 0.000000196. The number of fused-ring (bicyclic) bond motifs is 4. The van der Waals surface area contributed by atoms with Gasteiger partial charge in [-0.05, 0) is 95.7 Å². The van der Waals surface area contributed by atoms with Crippen molar-refractivity contribution in [2.24, 2.45) is 0 Å². The average molecular weight is 1180 g/mol. The fraction of sp³-hybridized carbons (Fsp3) is 0.448. The average Bonchev–Trinajstić information content (AvgIpc) is 3.64. The third-order valence-corrected chi connectivity index (χ3v) is 16.4. The number of nitrogens with zero attached hydrogens (tertiary/aromatic N) is 12. The van der Waals surface area contributed by atoms with E-state index in [0.717, 1.165) is 50.5 Å². The number of benzene rings is 4. The lowest BCUT2D eigenvalue weighted by atomic mass is 10.0. The van der Waals surface area contributed by atoms with Crippen molar-refractivity contribution in [1.29, 1.82) is 0 Å². The van der Waals surface area contributed by atoms with E-state index in [1.807, 2.05) is 84.2 Å². The molecule has 4 aliphatic rings. The van der Waals surface area contributed by atoms with Crippen molar-refractivity contribution < 1.29 is 32.1 Å². The third kappa shape index (κ3) is 13.0. The number of halogens is 4. The van der Waals surface area contributed by atoms with Crippen LogP contribution in [0.25, 0.3) is 31.2 Å². The molecule has 10 rings (SSSR count). The van der Waals surface area contributed by atoms with Gasteiger partial charge in [-0.1, -0.05) is 71.4 Å².